The van der Waals surface area contributed by atoms with E-state index in [1.54, 1.807) is 0 Å². The first kappa shape index (κ1) is 26.5. The van der Waals surface area contributed by atoms with Crippen LogP contribution in [0.4, 0.5) is 0 Å². The highest BCUT2D eigenvalue weighted by Gasteiger charge is 2.22. The van der Waals surface area contributed by atoms with Crippen molar-refractivity contribution in [3.05, 3.63) is 170 Å². The molecule has 0 saturated heterocycles. The molecule has 0 unspecified atom stereocenters. The lowest BCUT2D eigenvalue weighted by atomic mass is 9.84. The van der Waals surface area contributed by atoms with Crippen LogP contribution in [0.2, 0.25) is 0 Å². The summed E-state index contributed by atoms with van der Waals surface area (Å²) in [5, 5.41) is 23.9. The van der Waals surface area contributed by atoms with Crippen LogP contribution in [0.25, 0.3) is 119 Å². The predicted molar refractivity (Wildman–Crippen MR) is 217 cm³/mol. The quantitative estimate of drug-likeness (QED) is 0.132. The molecule has 0 aliphatic carbocycles. The normalized spacial score (nSPS) is 12.4. The Morgan fingerprint density at radius 1 is 0.180 bits per heavy atom. The molecular weight excluding hydrogens is 601 g/mol. The lowest BCUT2D eigenvalue weighted by Gasteiger charge is -2.18. The van der Waals surface area contributed by atoms with Gasteiger partial charge in [0.1, 0.15) is 0 Å². The zero-order chi connectivity index (χ0) is 32.5. The molecule has 0 aliphatic rings. The van der Waals surface area contributed by atoms with Crippen LogP contribution in [0.3, 0.4) is 0 Å². The largest absolute Gasteiger partial charge is 0.0622 e. The van der Waals surface area contributed by atoms with Crippen molar-refractivity contribution < 1.29 is 0 Å². The minimum Gasteiger partial charge on any atom is -0.0622 e. The smallest absolute Gasteiger partial charge is 0.00195 e. The molecule has 0 aromatic heterocycles. The summed E-state index contributed by atoms with van der Waals surface area (Å²) < 4.78 is 0. The fraction of sp³-hybridized carbons (Fsp3) is 0. The molecule has 0 bridgehead atoms. The summed E-state index contributed by atoms with van der Waals surface area (Å²) in [5.41, 5.74) is 5.11. The van der Waals surface area contributed by atoms with Crippen LogP contribution in [0.15, 0.2) is 170 Å². The van der Waals surface area contributed by atoms with Gasteiger partial charge in [0.25, 0.3) is 0 Å². The molecule has 12 aromatic rings. The van der Waals surface area contributed by atoms with Gasteiger partial charge in [0.15, 0.2) is 0 Å². The monoisotopic (exact) mass is 628 g/mol. The SMILES string of the molecule is c1ccc(-c2c3ccccc3c(-c3cc4c5ccccc5c5cc6c(cc7c8ccccc8c8cccc6c87)c(c3)c45)c3ccccc23)cc1. The maximum atomic E-state index is 2.51. The summed E-state index contributed by atoms with van der Waals surface area (Å²) >= 11 is 0. The van der Waals surface area contributed by atoms with E-state index >= 15 is 0 Å². The van der Waals surface area contributed by atoms with Gasteiger partial charge in [-0.25, -0.2) is 0 Å². The van der Waals surface area contributed by atoms with Crippen LogP contribution in [-0.2, 0) is 0 Å². The Balaban J connectivity index is 1.31. The van der Waals surface area contributed by atoms with Gasteiger partial charge in [-0.1, -0.05) is 146 Å². The van der Waals surface area contributed by atoms with E-state index in [9.17, 15) is 0 Å². The van der Waals surface area contributed by atoms with Crippen LogP contribution >= 0.6 is 0 Å². The first-order valence-electron chi connectivity index (χ1n) is 17.5. The third-order valence-electron chi connectivity index (χ3n) is 11.5. The van der Waals surface area contributed by atoms with Crippen molar-refractivity contribution in [2.24, 2.45) is 0 Å². The van der Waals surface area contributed by atoms with Crippen molar-refractivity contribution in [1.29, 1.82) is 0 Å². The second-order valence-corrected chi connectivity index (χ2v) is 13.9. The van der Waals surface area contributed by atoms with Gasteiger partial charge < -0.3 is 0 Å². The van der Waals surface area contributed by atoms with E-state index in [1.807, 2.05) is 0 Å². The van der Waals surface area contributed by atoms with Crippen molar-refractivity contribution in [3.63, 3.8) is 0 Å². The zero-order valence-corrected chi connectivity index (χ0v) is 27.2. The van der Waals surface area contributed by atoms with Crippen LogP contribution in [-0.4, -0.2) is 0 Å². The van der Waals surface area contributed by atoms with E-state index in [0.717, 1.165) is 0 Å². The predicted octanol–water partition coefficient (Wildman–Crippen LogP) is 14.3. The van der Waals surface area contributed by atoms with Gasteiger partial charge in [0.2, 0.25) is 0 Å². The maximum Gasteiger partial charge on any atom is -0.00195 e. The van der Waals surface area contributed by atoms with Crippen molar-refractivity contribution >= 4 is 97.0 Å². The molecule has 0 saturated carbocycles. The van der Waals surface area contributed by atoms with Crippen LogP contribution in [0, 0.1) is 0 Å². The lowest BCUT2D eigenvalue weighted by Crippen LogP contribution is -1.91. The molecule has 0 radical (unpaired) electrons. The minimum absolute atomic E-state index is 1.25. The summed E-state index contributed by atoms with van der Waals surface area (Å²) in [5.74, 6) is 0. The molecule has 0 spiro atoms. The van der Waals surface area contributed by atoms with Crippen molar-refractivity contribution in [1.82, 2.24) is 0 Å². The van der Waals surface area contributed by atoms with Gasteiger partial charge in [-0.05, 0) is 143 Å². The number of hydrogen-bond donors (Lipinski definition) is 0. The Labute approximate surface area is 288 Å². The molecule has 50 heavy (non-hydrogen) atoms. The molecular formula is C50H28. The molecule has 0 N–H and O–H groups in total. The van der Waals surface area contributed by atoms with Gasteiger partial charge in [-0.15, -0.1) is 0 Å². The molecule has 0 heterocycles. The van der Waals surface area contributed by atoms with Gasteiger partial charge in [0, 0.05) is 0 Å². The molecule has 0 amide bonds. The Hall–Kier alpha value is -6.50. The van der Waals surface area contributed by atoms with Gasteiger partial charge in [-0.3, -0.25) is 0 Å². The third kappa shape index (κ3) is 3.31. The summed E-state index contributed by atoms with van der Waals surface area (Å²) in [6.07, 6.45) is 0. The van der Waals surface area contributed by atoms with E-state index in [4.69, 9.17) is 0 Å². The number of benzene rings is 10. The highest BCUT2D eigenvalue weighted by molar-refractivity contribution is 6.41. The Kier molecular flexibility index (Phi) is 5.06. The molecule has 0 fully saturated rings. The lowest BCUT2D eigenvalue weighted by molar-refractivity contribution is 1.67. The van der Waals surface area contributed by atoms with Gasteiger partial charge in [0.05, 0.1) is 0 Å². The maximum absolute atomic E-state index is 2.51. The summed E-state index contributed by atoms with van der Waals surface area (Å²) in [4.78, 5) is 0. The minimum atomic E-state index is 1.25. The van der Waals surface area contributed by atoms with E-state index in [0.29, 0.717) is 0 Å². The highest BCUT2D eigenvalue weighted by atomic mass is 14.2. The Morgan fingerprint density at radius 2 is 0.500 bits per heavy atom. The van der Waals surface area contributed by atoms with Gasteiger partial charge in [-0.2, -0.15) is 0 Å². The molecule has 0 atom stereocenters. The van der Waals surface area contributed by atoms with Gasteiger partial charge >= 0.3 is 0 Å². The van der Waals surface area contributed by atoms with Crippen LogP contribution in [0.1, 0.15) is 0 Å². The van der Waals surface area contributed by atoms with Crippen molar-refractivity contribution in [2.75, 3.05) is 0 Å². The standard InChI is InChI=1S/C50H28/c1-2-13-29(14-3-1)47-36-19-8-10-21-38(36)48(39-22-11-9-20-37(39)47)30-25-43-33-17-6-7-18-34(33)46-27-41-40-24-12-23-35-31-15-4-5-16-32(31)45(49(35)40)28-42(41)44(26-30)50(43)46/h1-28H. The van der Waals surface area contributed by atoms with E-state index < -0.39 is 0 Å². The van der Waals surface area contributed by atoms with Crippen molar-refractivity contribution in [2.45, 2.75) is 0 Å². The average Bonchev–Trinajstić information content (AvgIpc) is 3.68. The van der Waals surface area contributed by atoms with E-state index in [1.165, 1.54) is 119 Å². The highest BCUT2D eigenvalue weighted by Crippen LogP contribution is 2.50. The molecule has 0 heteroatoms. The van der Waals surface area contributed by atoms with Crippen LogP contribution < -0.4 is 0 Å². The fourth-order valence-corrected chi connectivity index (χ4v) is 9.51. The van der Waals surface area contributed by atoms with E-state index in [-0.39, 0.29) is 0 Å². The zero-order valence-electron chi connectivity index (χ0n) is 27.2. The average molecular weight is 629 g/mol. The molecule has 12 rings (SSSR count). The first-order chi connectivity index (χ1) is 24.8. The fourth-order valence-electron chi connectivity index (χ4n) is 9.51. The van der Waals surface area contributed by atoms with Crippen LogP contribution in [0.5, 0.6) is 0 Å². The molecule has 0 aliphatic heterocycles. The number of rotatable bonds is 2. The second-order valence-electron chi connectivity index (χ2n) is 13.9. The summed E-state index contributed by atoms with van der Waals surface area (Å²) in [7, 11) is 0. The Morgan fingerprint density at radius 3 is 1.02 bits per heavy atom. The second kappa shape index (κ2) is 9.56. The summed E-state index contributed by atoms with van der Waals surface area (Å²) in [6.45, 7) is 0. The first-order valence-corrected chi connectivity index (χ1v) is 17.5. The molecule has 228 valence electrons. The molecule has 12 aromatic carbocycles. The third-order valence-corrected chi connectivity index (χ3v) is 11.5. The topological polar surface area (TPSA) is 0 Å². The number of hydrogen-bond acceptors (Lipinski definition) is 0. The van der Waals surface area contributed by atoms with Crippen molar-refractivity contribution in [3.8, 4) is 22.3 Å². The van der Waals surface area contributed by atoms with E-state index in [2.05, 4.69) is 170 Å². The Bertz CT molecular complexity index is 3290. The molecule has 0 nitrogen and oxygen atoms in total. The number of fused-ring (bicyclic) bond motifs is 11. The summed E-state index contributed by atoms with van der Waals surface area (Å²) in [6, 6.07) is 63.7.